The van der Waals surface area contributed by atoms with E-state index in [2.05, 4.69) is 21.4 Å². The minimum absolute atomic E-state index is 0.0375. The Morgan fingerprint density at radius 1 is 1.19 bits per heavy atom. The number of aromatic nitrogens is 3. The molecule has 0 saturated carbocycles. The summed E-state index contributed by atoms with van der Waals surface area (Å²) in [5, 5.41) is 13.2. The molecule has 2 aromatic heterocycles. The summed E-state index contributed by atoms with van der Waals surface area (Å²) in [6.45, 7) is 3.62. The molecule has 0 bridgehead atoms. The lowest BCUT2D eigenvalue weighted by Crippen LogP contribution is -2.31. The quantitative estimate of drug-likeness (QED) is 0.497. The molecule has 0 amide bonds. The van der Waals surface area contributed by atoms with Crippen LogP contribution in [0.3, 0.4) is 0 Å². The molecule has 1 unspecified atom stereocenters. The number of nitrogens with zero attached hydrogens (tertiary/aromatic N) is 3. The standard InChI is InChI=1S/C24H24N4O3S/c1-24(2,22(29)30)14-27-23-28-20(21(32-23)17-12-25-15-26-13-17)16-8-10-19(11-9-16)31-18-6-4-3-5-7-18/h3-6,8-13,15,18H,7,14H2,1-2H3,(H,27,28)(H,29,30). The van der Waals surface area contributed by atoms with Gasteiger partial charge in [0.05, 0.1) is 16.0 Å². The van der Waals surface area contributed by atoms with Crippen molar-refractivity contribution in [2.75, 3.05) is 11.9 Å². The van der Waals surface area contributed by atoms with E-state index in [0.717, 1.165) is 33.9 Å². The van der Waals surface area contributed by atoms with Gasteiger partial charge in [-0.2, -0.15) is 0 Å². The zero-order chi connectivity index (χ0) is 22.6. The minimum Gasteiger partial charge on any atom is -0.486 e. The Morgan fingerprint density at radius 3 is 2.59 bits per heavy atom. The Bertz CT molecular complexity index is 1140. The smallest absolute Gasteiger partial charge is 0.310 e. The minimum atomic E-state index is -0.913. The molecular weight excluding hydrogens is 424 g/mol. The Labute approximate surface area is 190 Å². The molecule has 2 N–H and O–H groups in total. The molecule has 1 aromatic carbocycles. The number of carbonyl (C=O) groups is 1. The van der Waals surface area contributed by atoms with Gasteiger partial charge < -0.3 is 15.2 Å². The second-order valence-electron chi connectivity index (χ2n) is 8.10. The van der Waals surface area contributed by atoms with Crippen LogP contribution in [-0.2, 0) is 4.79 Å². The van der Waals surface area contributed by atoms with E-state index in [1.807, 2.05) is 42.5 Å². The Balaban J connectivity index is 1.60. The fraction of sp³-hybridized carbons (Fsp3) is 0.250. The van der Waals surface area contributed by atoms with Gasteiger partial charge in [0.1, 0.15) is 18.2 Å². The van der Waals surface area contributed by atoms with Crippen molar-refractivity contribution in [3.8, 4) is 27.4 Å². The maximum Gasteiger partial charge on any atom is 0.310 e. The summed E-state index contributed by atoms with van der Waals surface area (Å²) in [6, 6.07) is 7.83. The maximum absolute atomic E-state index is 11.4. The molecule has 0 aliphatic heterocycles. The van der Waals surface area contributed by atoms with Crippen LogP contribution in [0.5, 0.6) is 5.75 Å². The highest BCUT2D eigenvalue weighted by molar-refractivity contribution is 7.19. The number of carboxylic acids is 1. The molecule has 164 valence electrons. The summed E-state index contributed by atoms with van der Waals surface area (Å²) in [6.07, 6.45) is 14.0. The number of nitrogens with one attached hydrogen (secondary N) is 1. The topological polar surface area (TPSA) is 97.2 Å². The number of rotatable bonds is 8. The van der Waals surface area contributed by atoms with E-state index in [1.165, 1.54) is 17.7 Å². The van der Waals surface area contributed by atoms with Gasteiger partial charge in [-0.3, -0.25) is 4.79 Å². The molecule has 0 spiro atoms. The van der Waals surface area contributed by atoms with Crippen LogP contribution in [0.1, 0.15) is 20.3 Å². The third-order valence-electron chi connectivity index (χ3n) is 5.07. The zero-order valence-electron chi connectivity index (χ0n) is 17.9. The number of carboxylic acid groups (broad SMARTS) is 1. The molecule has 3 aromatic rings. The van der Waals surface area contributed by atoms with E-state index >= 15 is 0 Å². The lowest BCUT2D eigenvalue weighted by molar-refractivity contribution is -0.146. The summed E-state index contributed by atoms with van der Waals surface area (Å²) in [5.74, 6) is -0.0718. The second-order valence-corrected chi connectivity index (χ2v) is 9.09. The summed E-state index contributed by atoms with van der Waals surface area (Å²) >= 11 is 1.45. The summed E-state index contributed by atoms with van der Waals surface area (Å²) < 4.78 is 6.02. The maximum atomic E-state index is 11.4. The van der Waals surface area contributed by atoms with Crippen molar-refractivity contribution in [3.63, 3.8) is 0 Å². The first-order valence-corrected chi connectivity index (χ1v) is 11.1. The van der Waals surface area contributed by atoms with Crippen LogP contribution in [-0.4, -0.2) is 38.7 Å². The van der Waals surface area contributed by atoms with Crippen molar-refractivity contribution in [3.05, 3.63) is 67.3 Å². The number of anilines is 1. The van der Waals surface area contributed by atoms with Crippen LogP contribution in [0.4, 0.5) is 5.13 Å². The van der Waals surface area contributed by atoms with E-state index in [4.69, 9.17) is 9.72 Å². The van der Waals surface area contributed by atoms with Crippen LogP contribution in [0.2, 0.25) is 0 Å². The highest BCUT2D eigenvalue weighted by Gasteiger charge is 2.27. The average molecular weight is 449 g/mol. The molecule has 1 aliphatic rings. The predicted octanol–water partition coefficient (Wildman–Crippen LogP) is 5.05. The zero-order valence-corrected chi connectivity index (χ0v) is 18.7. The largest absolute Gasteiger partial charge is 0.486 e. The number of aliphatic carboxylic acids is 1. The molecule has 0 radical (unpaired) electrons. The predicted molar refractivity (Wildman–Crippen MR) is 126 cm³/mol. The molecule has 8 heteroatoms. The normalized spacial score (nSPS) is 15.5. The van der Waals surface area contributed by atoms with Gasteiger partial charge in [-0.15, -0.1) is 0 Å². The monoisotopic (exact) mass is 448 g/mol. The van der Waals surface area contributed by atoms with Crippen molar-refractivity contribution in [1.82, 2.24) is 15.0 Å². The molecule has 0 saturated heterocycles. The van der Waals surface area contributed by atoms with Gasteiger partial charge in [-0.25, -0.2) is 15.0 Å². The summed E-state index contributed by atoms with van der Waals surface area (Å²) in [4.78, 5) is 25.4. The van der Waals surface area contributed by atoms with Crippen LogP contribution >= 0.6 is 11.3 Å². The molecule has 1 atom stereocenters. The van der Waals surface area contributed by atoms with Gasteiger partial charge in [0.2, 0.25) is 0 Å². The van der Waals surface area contributed by atoms with E-state index in [0.29, 0.717) is 5.13 Å². The molecule has 2 heterocycles. The fourth-order valence-electron chi connectivity index (χ4n) is 3.09. The van der Waals surface area contributed by atoms with Gasteiger partial charge in [0.25, 0.3) is 0 Å². The lowest BCUT2D eigenvalue weighted by atomic mass is 9.94. The second kappa shape index (κ2) is 9.32. The number of thiazole rings is 1. The van der Waals surface area contributed by atoms with Crippen molar-refractivity contribution < 1.29 is 14.6 Å². The van der Waals surface area contributed by atoms with Crippen LogP contribution in [0.15, 0.2) is 67.3 Å². The SMILES string of the molecule is CC(C)(CNc1nc(-c2ccc(OC3C=CC=CC3)cc2)c(-c2cncnc2)s1)C(=O)O. The number of ether oxygens (including phenoxy) is 1. The molecule has 7 nitrogen and oxygen atoms in total. The van der Waals surface area contributed by atoms with Crippen LogP contribution in [0, 0.1) is 5.41 Å². The third kappa shape index (κ3) is 5.03. The Hall–Kier alpha value is -3.52. The first-order chi connectivity index (χ1) is 15.4. The molecule has 4 rings (SSSR count). The van der Waals surface area contributed by atoms with Gasteiger partial charge in [-0.05, 0) is 44.2 Å². The molecule has 32 heavy (non-hydrogen) atoms. The van der Waals surface area contributed by atoms with E-state index < -0.39 is 11.4 Å². The molecule has 0 fully saturated rings. The number of benzene rings is 1. The van der Waals surface area contributed by atoms with Crippen LogP contribution < -0.4 is 10.1 Å². The van der Waals surface area contributed by atoms with Crippen molar-refractivity contribution in [2.45, 2.75) is 26.4 Å². The fourth-order valence-corrected chi connectivity index (χ4v) is 4.05. The van der Waals surface area contributed by atoms with Gasteiger partial charge >= 0.3 is 5.97 Å². The highest BCUT2D eigenvalue weighted by Crippen LogP contribution is 2.39. The lowest BCUT2D eigenvalue weighted by Gasteiger charge is -2.18. The highest BCUT2D eigenvalue weighted by atomic mass is 32.1. The number of hydrogen-bond donors (Lipinski definition) is 2. The first-order valence-electron chi connectivity index (χ1n) is 10.3. The molecular formula is C24H24N4O3S. The third-order valence-corrected chi connectivity index (χ3v) is 6.13. The van der Waals surface area contributed by atoms with E-state index in [-0.39, 0.29) is 12.6 Å². The Kier molecular flexibility index (Phi) is 6.32. The Morgan fingerprint density at radius 2 is 1.94 bits per heavy atom. The summed E-state index contributed by atoms with van der Waals surface area (Å²) in [7, 11) is 0. The molecule has 1 aliphatic carbocycles. The van der Waals surface area contributed by atoms with Crippen molar-refractivity contribution in [2.24, 2.45) is 5.41 Å². The van der Waals surface area contributed by atoms with Gasteiger partial charge in [0, 0.05) is 36.5 Å². The summed E-state index contributed by atoms with van der Waals surface area (Å²) in [5.41, 5.74) is 1.65. The van der Waals surface area contributed by atoms with Crippen LogP contribution in [0.25, 0.3) is 21.7 Å². The number of hydrogen-bond acceptors (Lipinski definition) is 7. The average Bonchev–Trinajstić information content (AvgIpc) is 3.24. The first kappa shape index (κ1) is 21.7. The van der Waals surface area contributed by atoms with Gasteiger partial charge in [-0.1, -0.05) is 29.6 Å². The van der Waals surface area contributed by atoms with E-state index in [9.17, 15) is 9.90 Å². The van der Waals surface area contributed by atoms with E-state index in [1.54, 1.807) is 26.2 Å². The van der Waals surface area contributed by atoms with Crippen molar-refractivity contribution >= 4 is 22.4 Å². The van der Waals surface area contributed by atoms with Crippen molar-refractivity contribution in [1.29, 1.82) is 0 Å². The van der Waals surface area contributed by atoms with Gasteiger partial charge in [0.15, 0.2) is 5.13 Å². The number of allylic oxidation sites excluding steroid dienone is 2.